The monoisotopic (exact) mass is 226 g/mol. The molecule has 1 aliphatic rings. The SMILES string of the molecule is O=Cc1cn(CC2CC2)nc1-c1ccccc1. The van der Waals surface area contributed by atoms with Crippen molar-refractivity contribution in [3.05, 3.63) is 42.1 Å². The Morgan fingerprint density at radius 3 is 2.71 bits per heavy atom. The molecule has 3 nitrogen and oxygen atoms in total. The van der Waals surface area contributed by atoms with Gasteiger partial charge in [0.2, 0.25) is 0 Å². The Balaban J connectivity index is 1.96. The molecular formula is C14H14N2O. The molecule has 86 valence electrons. The number of rotatable bonds is 4. The van der Waals surface area contributed by atoms with Gasteiger partial charge < -0.3 is 0 Å². The summed E-state index contributed by atoms with van der Waals surface area (Å²) >= 11 is 0. The first kappa shape index (κ1) is 10.3. The van der Waals surface area contributed by atoms with Crippen molar-refractivity contribution >= 4 is 6.29 Å². The van der Waals surface area contributed by atoms with Crippen LogP contribution in [0.1, 0.15) is 23.2 Å². The van der Waals surface area contributed by atoms with Crippen molar-refractivity contribution in [1.82, 2.24) is 9.78 Å². The molecule has 1 aliphatic carbocycles. The van der Waals surface area contributed by atoms with Gasteiger partial charge in [0.05, 0.1) is 5.56 Å². The van der Waals surface area contributed by atoms with E-state index in [-0.39, 0.29) is 0 Å². The number of hydrogen-bond donors (Lipinski definition) is 0. The summed E-state index contributed by atoms with van der Waals surface area (Å²) in [6.07, 6.45) is 5.32. The number of carbonyl (C=O) groups is 1. The number of hydrogen-bond acceptors (Lipinski definition) is 2. The molecule has 0 N–H and O–H groups in total. The molecule has 1 saturated carbocycles. The molecular weight excluding hydrogens is 212 g/mol. The highest BCUT2D eigenvalue weighted by molar-refractivity contribution is 5.85. The average molecular weight is 226 g/mol. The normalized spacial score (nSPS) is 14.8. The molecule has 0 saturated heterocycles. The van der Waals surface area contributed by atoms with Crippen molar-refractivity contribution in [2.24, 2.45) is 5.92 Å². The van der Waals surface area contributed by atoms with E-state index in [1.54, 1.807) is 0 Å². The van der Waals surface area contributed by atoms with Gasteiger partial charge in [-0.15, -0.1) is 0 Å². The van der Waals surface area contributed by atoms with Gasteiger partial charge in [-0.1, -0.05) is 30.3 Å². The quantitative estimate of drug-likeness (QED) is 0.751. The van der Waals surface area contributed by atoms with E-state index in [2.05, 4.69) is 5.10 Å². The van der Waals surface area contributed by atoms with Gasteiger partial charge in [0.1, 0.15) is 5.69 Å². The molecule has 2 aromatic rings. The van der Waals surface area contributed by atoms with Gasteiger partial charge in [-0.2, -0.15) is 5.10 Å². The summed E-state index contributed by atoms with van der Waals surface area (Å²) in [5, 5.41) is 4.52. The summed E-state index contributed by atoms with van der Waals surface area (Å²) < 4.78 is 1.91. The molecule has 1 heterocycles. The lowest BCUT2D eigenvalue weighted by Gasteiger charge is -1.98. The zero-order valence-corrected chi connectivity index (χ0v) is 9.54. The summed E-state index contributed by atoms with van der Waals surface area (Å²) in [6, 6.07) is 9.85. The van der Waals surface area contributed by atoms with Gasteiger partial charge in [0.25, 0.3) is 0 Å². The fraction of sp³-hybridized carbons (Fsp3) is 0.286. The molecule has 0 unspecified atom stereocenters. The minimum atomic E-state index is 0.678. The Morgan fingerprint density at radius 1 is 1.29 bits per heavy atom. The topological polar surface area (TPSA) is 34.9 Å². The highest BCUT2D eigenvalue weighted by Crippen LogP contribution is 2.31. The maximum Gasteiger partial charge on any atom is 0.153 e. The van der Waals surface area contributed by atoms with E-state index in [1.165, 1.54) is 12.8 Å². The molecule has 0 radical (unpaired) electrons. The summed E-state index contributed by atoms with van der Waals surface area (Å²) in [5.74, 6) is 0.762. The predicted octanol–water partition coefficient (Wildman–Crippen LogP) is 2.77. The van der Waals surface area contributed by atoms with Crippen LogP contribution >= 0.6 is 0 Å². The largest absolute Gasteiger partial charge is 0.298 e. The van der Waals surface area contributed by atoms with E-state index in [0.717, 1.165) is 30.0 Å². The van der Waals surface area contributed by atoms with E-state index < -0.39 is 0 Å². The average Bonchev–Trinajstić information content (AvgIpc) is 3.08. The number of aldehydes is 1. The molecule has 1 aromatic carbocycles. The summed E-state index contributed by atoms with van der Waals surface area (Å²) in [5.41, 5.74) is 2.47. The molecule has 0 aliphatic heterocycles. The van der Waals surface area contributed by atoms with Crippen LogP contribution in [-0.2, 0) is 6.54 Å². The smallest absolute Gasteiger partial charge is 0.153 e. The van der Waals surface area contributed by atoms with Crippen LogP contribution in [0.3, 0.4) is 0 Å². The highest BCUT2D eigenvalue weighted by atomic mass is 16.1. The minimum absolute atomic E-state index is 0.678. The third-order valence-corrected chi connectivity index (χ3v) is 3.11. The Bertz CT molecular complexity index is 526. The number of benzene rings is 1. The zero-order valence-electron chi connectivity index (χ0n) is 9.54. The molecule has 0 amide bonds. The van der Waals surface area contributed by atoms with Gasteiger partial charge in [0.15, 0.2) is 6.29 Å². The minimum Gasteiger partial charge on any atom is -0.298 e. The number of carbonyl (C=O) groups excluding carboxylic acids is 1. The summed E-state index contributed by atoms with van der Waals surface area (Å²) in [7, 11) is 0. The second-order valence-electron chi connectivity index (χ2n) is 4.58. The zero-order chi connectivity index (χ0) is 11.7. The Kier molecular flexibility index (Phi) is 2.52. The van der Waals surface area contributed by atoms with Crippen LogP contribution in [0.4, 0.5) is 0 Å². The fourth-order valence-corrected chi connectivity index (χ4v) is 2.00. The van der Waals surface area contributed by atoms with Gasteiger partial charge in [-0.25, -0.2) is 0 Å². The maximum atomic E-state index is 11.1. The van der Waals surface area contributed by atoms with Crippen molar-refractivity contribution in [3.63, 3.8) is 0 Å². The van der Waals surface area contributed by atoms with Gasteiger partial charge in [-0.3, -0.25) is 9.48 Å². The van der Waals surface area contributed by atoms with Crippen molar-refractivity contribution in [2.45, 2.75) is 19.4 Å². The lowest BCUT2D eigenvalue weighted by atomic mass is 10.1. The lowest BCUT2D eigenvalue weighted by molar-refractivity contribution is 0.112. The lowest BCUT2D eigenvalue weighted by Crippen LogP contribution is -1.99. The number of nitrogens with zero attached hydrogens (tertiary/aromatic N) is 2. The van der Waals surface area contributed by atoms with E-state index in [0.29, 0.717) is 5.56 Å². The van der Waals surface area contributed by atoms with Gasteiger partial charge >= 0.3 is 0 Å². The molecule has 17 heavy (non-hydrogen) atoms. The fourth-order valence-electron chi connectivity index (χ4n) is 2.00. The molecule has 3 heteroatoms. The maximum absolute atomic E-state index is 11.1. The van der Waals surface area contributed by atoms with E-state index in [4.69, 9.17) is 0 Å². The predicted molar refractivity (Wildman–Crippen MR) is 65.8 cm³/mol. The van der Waals surface area contributed by atoms with Crippen LogP contribution in [0.15, 0.2) is 36.5 Å². The van der Waals surface area contributed by atoms with Crippen molar-refractivity contribution in [2.75, 3.05) is 0 Å². The van der Waals surface area contributed by atoms with E-state index in [1.807, 2.05) is 41.2 Å². The van der Waals surface area contributed by atoms with E-state index >= 15 is 0 Å². The first-order valence-electron chi connectivity index (χ1n) is 5.95. The van der Waals surface area contributed by atoms with Crippen LogP contribution in [0.25, 0.3) is 11.3 Å². The Hall–Kier alpha value is -1.90. The molecule has 3 rings (SSSR count). The second-order valence-corrected chi connectivity index (χ2v) is 4.58. The van der Waals surface area contributed by atoms with Crippen molar-refractivity contribution < 1.29 is 4.79 Å². The molecule has 0 spiro atoms. The summed E-state index contributed by atoms with van der Waals surface area (Å²) in [4.78, 5) is 11.1. The first-order valence-corrected chi connectivity index (χ1v) is 5.95. The Labute approximate surface area is 100 Å². The standard InChI is InChI=1S/C14H14N2O/c17-10-13-9-16(8-11-6-7-11)15-14(13)12-4-2-1-3-5-12/h1-5,9-11H,6-8H2. The molecule has 1 fully saturated rings. The van der Waals surface area contributed by atoms with Crippen molar-refractivity contribution in [3.8, 4) is 11.3 Å². The number of aromatic nitrogens is 2. The molecule has 1 aromatic heterocycles. The van der Waals surface area contributed by atoms with Crippen LogP contribution in [0.5, 0.6) is 0 Å². The van der Waals surface area contributed by atoms with Crippen LogP contribution in [-0.4, -0.2) is 16.1 Å². The molecule has 0 atom stereocenters. The van der Waals surface area contributed by atoms with Crippen LogP contribution in [0, 0.1) is 5.92 Å². The Morgan fingerprint density at radius 2 is 2.06 bits per heavy atom. The third kappa shape index (κ3) is 2.13. The van der Waals surface area contributed by atoms with Crippen molar-refractivity contribution in [1.29, 1.82) is 0 Å². The second kappa shape index (κ2) is 4.17. The molecule has 0 bridgehead atoms. The summed E-state index contributed by atoms with van der Waals surface area (Å²) in [6.45, 7) is 0.938. The van der Waals surface area contributed by atoms with Crippen LogP contribution < -0.4 is 0 Å². The van der Waals surface area contributed by atoms with Crippen LogP contribution in [0.2, 0.25) is 0 Å². The van der Waals surface area contributed by atoms with Gasteiger partial charge in [-0.05, 0) is 18.8 Å². The highest BCUT2D eigenvalue weighted by Gasteiger charge is 2.22. The third-order valence-electron chi connectivity index (χ3n) is 3.11. The first-order chi connectivity index (χ1) is 8.36. The van der Waals surface area contributed by atoms with Gasteiger partial charge in [0, 0.05) is 18.3 Å². The van der Waals surface area contributed by atoms with E-state index in [9.17, 15) is 4.79 Å².